The van der Waals surface area contributed by atoms with Gasteiger partial charge in [-0.3, -0.25) is 4.79 Å². The van der Waals surface area contributed by atoms with Gasteiger partial charge in [0.25, 0.3) is 0 Å². The summed E-state index contributed by atoms with van der Waals surface area (Å²) in [5.41, 5.74) is 3.55. The van der Waals surface area contributed by atoms with Crippen molar-refractivity contribution < 1.29 is 19.0 Å². The summed E-state index contributed by atoms with van der Waals surface area (Å²) in [5.74, 6) is 0.681. The third-order valence-electron chi connectivity index (χ3n) is 4.99. The number of hydrogen-bond donors (Lipinski definition) is 2. The van der Waals surface area contributed by atoms with Crippen LogP contribution in [-0.4, -0.2) is 36.8 Å². The monoisotopic (exact) mass is 378 g/mol. The maximum atomic E-state index is 13.0. The second kappa shape index (κ2) is 7.31. The van der Waals surface area contributed by atoms with Crippen LogP contribution in [0.2, 0.25) is 0 Å². The maximum absolute atomic E-state index is 13.0. The van der Waals surface area contributed by atoms with Gasteiger partial charge in [-0.05, 0) is 42.3 Å². The summed E-state index contributed by atoms with van der Waals surface area (Å²) in [6.45, 7) is 2.14. The van der Waals surface area contributed by atoms with Crippen LogP contribution >= 0.6 is 0 Å². The number of hydrogen-bond acceptors (Lipinski definition) is 4. The molecule has 4 aromatic rings. The van der Waals surface area contributed by atoms with E-state index in [0.29, 0.717) is 6.61 Å². The number of nitrogens with one attached hydrogen (secondary N) is 2. The average Bonchev–Trinajstić information content (AvgIpc) is 3.32. The Morgan fingerprint density at radius 3 is 1.82 bits per heavy atom. The molecule has 0 bridgehead atoms. The summed E-state index contributed by atoms with van der Waals surface area (Å²) < 4.78 is 16.0. The molecular weight excluding hydrogens is 356 g/mol. The van der Waals surface area contributed by atoms with Crippen molar-refractivity contribution in [2.24, 2.45) is 0 Å². The highest BCUT2D eigenvalue weighted by Crippen LogP contribution is 2.37. The Morgan fingerprint density at radius 1 is 0.893 bits per heavy atom. The fraction of sp³-hybridized carbons (Fsp3) is 0.227. The molecule has 0 saturated carbocycles. The zero-order valence-electron chi connectivity index (χ0n) is 16.0. The van der Waals surface area contributed by atoms with Crippen molar-refractivity contribution in [3.8, 4) is 11.5 Å². The summed E-state index contributed by atoms with van der Waals surface area (Å²) in [7, 11) is 3.26. The minimum Gasteiger partial charge on any atom is -0.497 e. The van der Waals surface area contributed by atoms with Gasteiger partial charge in [0.15, 0.2) is 0 Å². The van der Waals surface area contributed by atoms with Gasteiger partial charge in [-0.1, -0.05) is 0 Å². The molecule has 6 nitrogen and oxygen atoms in total. The number of carbonyl (C=O) groups excluding carboxylic acids is 1. The lowest BCUT2D eigenvalue weighted by Crippen LogP contribution is -2.16. The van der Waals surface area contributed by atoms with Crippen LogP contribution in [0.4, 0.5) is 0 Å². The lowest BCUT2D eigenvalue weighted by molar-refractivity contribution is -0.143. The smallest absolute Gasteiger partial charge is 0.318 e. The molecule has 2 N–H and O–H groups in total. The minimum absolute atomic E-state index is 0.282. The largest absolute Gasteiger partial charge is 0.497 e. The minimum atomic E-state index is -0.552. The highest BCUT2D eigenvalue weighted by molar-refractivity contribution is 5.97. The van der Waals surface area contributed by atoms with E-state index in [2.05, 4.69) is 9.97 Å². The van der Waals surface area contributed by atoms with Crippen molar-refractivity contribution >= 4 is 27.8 Å². The molecule has 2 aromatic heterocycles. The molecule has 0 aliphatic rings. The van der Waals surface area contributed by atoms with Gasteiger partial charge in [-0.25, -0.2) is 0 Å². The van der Waals surface area contributed by atoms with Crippen molar-refractivity contribution in [3.63, 3.8) is 0 Å². The molecule has 0 atom stereocenters. The summed E-state index contributed by atoms with van der Waals surface area (Å²) in [6, 6.07) is 11.5. The topological polar surface area (TPSA) is 76.3 Å². The number of H-pyrrole nitrogens is 2. The Balaban J connectivity index is 1.88. The normalized spacial score (nSPS) is 11.3. The maximum Gasteiger partial charge on any atom is 0.318 e. The summed E-state index contributed by atoms with van der Waals surface area (Å²) in [4.78, 5) is 19.5. The molecule has 144 valence electrons. The number of esters is 1. The lowest BCUT2D eigenvalue weighted by Gasteiger charge is -2.15. The van der Waals surface area contributed by atoms with Crippen molar-refractivity contribution in [1.29, 1.82) is 0 Å². The second-order valence-corrected chi connectivity index (χ2v) is 6.50. The van der Waals surface area contributed by atoms with E-state index < -0.39 is 5.92 Å². The van der Waals surface area contributed by atoms with Gasteiger partial charge in [-0.15, -0.1) is 0 Å². The number of ether oxygens (including phenoxy) is 3. The van der Waals surface area contributed by atoms with Crippen LogP contribution in [0.25, 0.3) is 21.8 Å². The van der Waals surface area contributed by atoms with E-state index in [4.69, 9.17) is 14.2 Å². The number of rotatable bonds is 6. The molecule has 0 aliphatic heterocycles. The standard InChI is InChI=1S/C22H22N2O4/c1-4-28-22(25)21(17-11-23-19-9-13(26-2)5-7-15(17)19)18-12-24-20-10-14(27-3)6-8-16(18)20/h5-12,21,23-24H,4H2,1-3H3. The van der Waals surface area contributed by atoms with Gasteiger partial charge in [0.05, 0.1) is 20.8 Å². The number of aromatic amines is 2. The zero-order valence-corrected chi connectivity index (χ0v) is 16.0. The van der Waals surface area contributed by atoms with Gasteiger partial charge >= 0.3 is 5.97 Å². The average molecular weight is 378 g/mol. The predicted octanol–water partition coefficient (Wildman–Crippen LogP) is 4.36. The van der Waals surface area contributed by atoms with Gasteiger partial charge < -0.3 is 24.2 Å². The second-order valence-electron chi connectivity index (χ2n) is 6.50. The first kappa shape index (κ1) is 18.0. The van der Waals surface area contributed by atoms with Gasteiger partial charge in [-0.2, -0.15) is 0 Å². The fourth-order valence-electron chi connectivity index (χ4n) is 3.63. The van der Waals surface area contributed by atoms with Crippen LogP contribution in [-0.2, 0) is 9.53 Å². The SMILES string of the molecule is CCOC(=O)C(c1c[nH]c2cc(OC)ccc12)c1c[nH]c2cc(OC)ccc12. The highest BCUT2D eigenvalue weighted by atomic mass is 16.5. The number of fused-ring (bicyclic) bond motifs is 2. The molecule has 0 fully saturated rings. The van der Waals surface area contributed by atoms with Crippen LogP contribution in [0.1, 0.15) is 24.0 Å². The third kappa shape index (κ3) is 2.97. The van der Waals surface area contributed by atoms with E-state index in [0.717, 1.165) is 44.4 Å². The van der Waals surface area contributed by atoms with Crippen molar-refractivity contribution in [2.75, 3.05) is 20.8 Å². The van der Waals surface area contributed by atoms with E-state index in [1.807, 2.05) is 55.7 Å². The molecule has 0 saturated heterocycles. The Bertz CT molecular complexity index is 1060. The van der Waals surface area contributed by atoms with E-state index >= 15 is 0 Å². The van der Waals surface area contributed by atoms with Gasteiger partial charge in [0.1, 0.15) is 17.4 Å². The molecule has 0 amide bonds. The van der Waals surface area contributed by atoms with E-state index in [9.17, 15) is 4.79 Å². The van der Waals surface area contributed by atoms with Crippen LogP contribution in [0.3, 0.4) is 0 Å². The molecule has 2 heterocycles. The van der Waals surface area contributed by atoms with Crippen LogP contribution in [0.15, 0.2) is 48.8 Å². The molecule has 0 unspecified atom stereocenters. The molecular formula is C22H22N2O4. The first-order chi connectivity index (χ1) is 13.7. The van der Waals surface area contributed by atoms with Crippen LogP contribution in [0.5, 0.6) is 11.5 Å². The molecule has 4 rings (SSSR count). The Labute approximate surface area is 162 Å². The molecule has 6 heteroatoms. The van der Waals surface area contributed by atoms with Crippen LogP contribution in [0, 0.1) is 0 Å². The summed E-state index contributed by atoms with van der Waals surface area (Å²) in [6.07, 6.45) is 3.74. The van der Waals surface area contributed by atoms with E-state index in [1.165, 1.54) is 0 Å². The Kier molecular flexibility index (Phi) is 4.69. The van der Waals surface area contributed by atoms with Crippen LogP contribution < -0.4 is 9.47 Å². The number of benzene rings is 2. The van der Waals surface area contributed by atoms with E-state index in [1.54, 1.807) is 14.2 Å². The molecule has 28 heavy (non-hydrogen) atoms. The predicted molar refractivity (Wildman–Crippen MR) is 108 cm³/mol. The van der Waals surface area contributed by atoms with Gasteiger partial charge in [0.2, 0.25) is 0 Å². The Morgan fingerprint density at radius 2 is 1.39 bits per heavy atom. The van der Waals surface area contributed by atoms with E-state index in [-0.39, 0.29) is 5.97 Å². The first-order valence-electron chi connectivity index (χ1n) is 9.13. The van der Waals surface area contributed by atoms with Crippen molar-refractivity contribution in [3.05, 3.63) is 59.9 Å². The quantitative estimate of drug-likeness (QED) is 0.489. The molecule has 0 radical (unpaired) electrons. The first-order valence-corrected chi connectivity index (χ1v) is 9.13. The summed E-state index contributed by atoms with van der Waals surface area (Å²) in [5, 5.41) is 1.92. The van der Waals surface area contributed by atoms with Crippen molar-refractivity contribution in [2.45, 2.75) is 12.8 Å². The Hall–Kier alpha value is -3.41. The van der Waals surface area contributed by atoms with Gasteiger partial charge in [0, 0.05) is 46.3 Å². The molecule has 0 aliphatic carbocycles. The lowest BCUT2D eigenvalue weighted by atomic mass is 9.90. The number of methoxy groups -OCH3 is 2. The molecule has 0 spiro atoms. The zero-order chi connectivity index (χ0) is 19.7. The summed E-state index contributed by atoms with van der Waals surface area (Å²) >= 11 is 0. The molecule has 2 aromatic carbocycles. The highest BCUT2D eigenvalue weighted by Gasteiger charge is 2.29. The fourth-order valence-corrected chi connectivity index (χ4v) is 3.63. The van der Waals surface area contributed by atoms with Crippen molar-refractivity contribution in [1.82, 2.24) is 9.97 Å². The number of aromatic nitrogens is 2. The number of carbonyl (C=O) groups is 1. The third-order valence-corrected chi connectivity index (χ3v) is 4.99.